The van der Waals surface area contributed by atoms with Gasteiger partial charge in [-0.05, 0) is 36.2 Å². The number of fused-ring (bicyclic) bond motifs is 1. The Morgan fingerprint density at radius 2 is 1.97 bits per heavy atom. The number of rotatable bonds is 5. The van der Waals surface area contributed by atoms with Gasteiger partial charge in [-0.15, -0.1) is 0 Å². The van der Waals surface area contributed by atoms with E-state index in [9.17, 15) is 4.79 Å². The summed E-state index contributed by atoms with van der Waals surface area (Å²) in [5.74, 6) is 0.544. The smallest absolute Gasteiger partial charge is 0.341 e. The Bertz CT molecular complexity index is 1620. The van der Waals surface area contributed by atoms with E-state index in [1.807, 2.05) is 55.5 Å². The number of pyridine rings is 1. The number of H-pyrrole nitrogens is 1. The molecule has 0 spiro atoms. The highest BCUT2D eigenvalue weighted by Gasteiger charge is 2.31. The fourth-order valence-electron chi connectivity index (χ4n) is 4.48. The van der Waals surface area contributed by atoms with E-state index in [1.165, 1.54) is 11.4 Å². The van der Waals surface area contributed by atoms with Gasteiger partial charge in [-0.25, -0.2) is 24.7 Å². The van der Waals surface area contributed by atoms with Gasteiger partial charge in [0.2, 0.25) is 0 Å². The third-order valence-electron chi connectivity index (χ3n) is 6.36. The van der Waals surface area contributed by atoms with Crippen molar-refractivity contribution in [1.29, 1.82) is 0 Å². The molecule has 0 aliphatic carbocycles. The molecular weight excluding hydrogens is 504 g/mol. The second-order valence-corrected chi connectivity index (χ2v) is 9.27. The minimum absolute atomic E-state index is 0.146. The number of nitrogens with one attached hydrogen (secondary N) is 3. The van der Waals surface area contributed by atoms with Crippen LogP contribution >= 0.6 is 11.6 Å². The average molecular weight is 527 g/mol. The average Bonchev–Trinajstić information content (AvgIpc) is 3.62. The third kappa shape index (κ3) is 4.62. The minimum atomic E-state index is -0.334. The number of benzene rings is 2. The number of carbonyl (C=O) groups is 1. The summed E-state index contributed by atoms with van der Waals surface area (Å²) in [7, 11) is 0. The molecule has 5 aromatic rings. The van der Waals surface area contributed by atoms with Crippen LogP contribution < -0.4 is 10.6 Å². The molecule has 0 bridgehead atoms. The summed E-state index contributed by atoms with van der Waals surface area (Å²) < 4.78 is 0. The number of hydrogen-bond acceptors (Lipinski definition) is 7. The Kier molecular flexibility index (Phi) is 6.32. The predicted molar refractivity (Wildman–Crippen MR) is 145 cm³/mol. The number of aromatic nitrogens is 5. The summed E-state index contributed by atoms with van der Waals surface area (Å²) >= 11 is 6.30. The molecule has 4 heterocycles. The number of carbonyl (C=O) groups excluding carboxylic acids is 1. The van der Waals surface area contributed by atoms with Crippen molar-refractivity contribution in [2.75, 3.05) is 17.2 Å². The molecule has 11 heteroatoms. The van der Waals surface area contributed by atoms with E-state index < -0.39 is 0 Å². The second kappa shape index (κ2) is 10.1. The summed E-state index contributed by atoms with van der Waals surface area (Å²) in [6, 6.07) is 16.8. The predicted octanol–water partition coefficient (Wildman–Crippen LogP) is 6.03. The van der Waals surface area contributed by atoms with Crippen LogP contribution in [-0.2, 0) is 4.84 Å². The van der Waals surface area contributed by atoms with Crippen molar-refractivity contribution in [1.82, 2.24) is 30.0 Å². The van der Waals surface area contributed by atoms with E-state index in [0.29, 0.717) is 45.6 Å². The molecule has 1 fully saturated rings. The summed E-state index contributed by atoms with van der Waals surface area (Å²) in [5, 5.41) is 8.21. The van der Waals surface area contributed by atoms with Crippen molar-refractivity contribution < 1.29 is 9.63 Å². The van der Waals surface area contributed by atoms with Crippen molar-refractivity contribution in [2.24, 2.45) is 0 Å². The van der Waals surface area contributed by atoms with Gasteiger partial charge < -0.3 is 15.6 Å². The molecule has 1 saturated heterocycles. The third-order valence-corrected chi connectivity index (χ3v) is 6.57. The molecular formula is C27H23ClN8O2. The lowest BCUT2D eigenvalue weighted by molar-refractivity contribution is -0.0829. The van der Waals surface area contributed by atoms with Crippen LogP contribution in [0.1, 0.15) is 23.6 Å². The maximum absolute atomic E-state index is 13.1. The van der Waals surface area contributed by atoms with Gasteiger partial charge in [-0.1, -0.05) is 48.0 Å². The van der Waals surface area contributed by atoms with Gasteiger partial charge in [0.05, 0.1) is 24.0 Å². The molecule has 1 aliphatic heterocycles. The number of hydrogen-bond donors (Lipinski definition) is 3. The van der Waals surface area contributed by atoms with Crippen LogP contribution in [0.2, 0.25) is 5.02 Å². The molecule has 2 aromatic carbocycles. The molecule has 3 N–H and O–H groups in total. The zero-order valence-corrected chi connectivity index (χ0v) is 21.1. The van der Waals surface area contributed by atoms with Crippen molar-refractivity contribution in [3.8, 4) is 11.3 Å². The molecule has 1 atom stereocenters. The lowest BCUT2D eigenvalue weighted by Gasteiger charge is -2.23. The van der Waals surface area contributed by atoms with E-state index in [4.69, 9.17) is 16.4 Å². The summed E-state index contributed by atoms with van der Waals surface area (Å²) in [5.41, 5.74) is 5.87. The number of hydroxylamine groups is 2. The van der Waals surface area contributed by atoms with Crippen molar-refractivity contribution in [3.05, 3.63) is 89.6 Å². The van der Waals surface area contributed by atoms with Crippen LogP contribution in [0.5, 0.6) is 0 Å². The standard InChI is InChI=1S/C27H23ClN8O2/c1-16-7-8-19(34-27(37)36-22(9-10-38-36)17-5-3-2-4-6-17)12-21(16)35-25-20(11-18(28)13-29-25)23-24-26(32-14-30-23)33-15-31-24/h2-8,11-15,22H,9-10H2,1H3,(H,29,35)(H,34,37)(H,30,31,32,33)/t22-/m1/s1. The number of aromatic amines is 1. The maximum atomic E-state index is 13.1. The molecule has 2 amide bonds. The van der Waals surface area contributed by atoms with Crippen LogP contribution in [0, 0.1) is 6.92 Å². The second-order valence-electron chi connectivity index (χ2n) is 8.83. The lowest BCUT2D eigenvalue weighted by Crippen LogP contribution is -2.33. The SMILES string of the molecule is Cc1ccc(NC(=O)N2OCC[C@@H]2c2ccccc2)cc1Nc1ncc(Cl)cc1-c1ncnc2nc[nH]c12. The van der Waals surface area contributed by atoms with Crippen LogP contribution in [0.15, 0.2) is 73.4 Å². The quantitative estimate of drug-likeness (QED) is 0.255. The molecule has 38 heavy (non-hydrogen) atoms. The molecule has 190 valence electrons. The van der Waals surface area contributed by atoms with Crippen LogP contribution in [0.3, 0.4) is 0 Å². The number of halogens is 1. The lowest BCUT2D eigenvalue weighted by atomic mass is 10.1. The number of anilines is 3. The van der Waals surface area contributed by atoms with Gasteiger partial charge in [0.25, 0.3) is 0 Å². The van der Waals surface area contributed by atoms with E-state index in [0.717, 1.165) is 23.2 Å². The van der Waals surface area contributed by atoms with Gasteiger partial charge in [-0.2, -0.15) is 5.06 Å². The van der Waals surface area contributed by atoms with Gasteiger partial charge in [-0.3, -0.25) is 4.84 Å². The Balaban J connectivity index is 1.27. The van der Waals surface area contributed by atoms with Crippen LogP contribution in [0.25, 0.3) is 22.4 Å². The van der Waals surface area contributed by atoms with Crippen LogP contribution in [-0.4, -0.2) is 42.6 Å². The first-order valence-corrected chi connectivity index (χ1v) is 12.4. The zero-order chi connectivity index (χ0) is 26.1. The largest absolute Gasteiger partial charge is 0.346 e. The first-order valence-electron chi connectivity index (χ1n) is 12.0. The summed E-state index contributed by atoms with van der Waals surface area (Å²) in [6.07, 6.45) is 5.31. The van der Waals surface area contributed by atoms with Crippen molar-refractivity contribution >= 4 is 46.0 Å². The molecule has 10 nitrogen and oxygen atoms in total. The zero-order valence-electron chi connectivity index (χ0n) is 20.4. The van der Waals surface area contributed by atoms with Crippen LogP contribution in [0.4, 0.5) is 22.0 Å². The van der Waals surface area contributed by atoms with Gasteiger partial charge in [0.1, 0.15) is 23.4 Å². The highest BCUT2D eigenvalue weighted by molar-refractivity contribution is 6.30. The molecule has 0 radical (unpaired) electrons. The Labute approximate surface area is 223 Å². The van der Waals surface area contributed by atoms with Crippen molar-refractivity contribution in [2.45, 2.75) is 19.4 Å². The minimum Gasteiger partial charge on any atom is -0.341 e. The highest BCUT2D eigenvalue weighted by atomic mass is 35.5. The first kappa shape index (κ1) is 23.8. The topological polar surface area (TPSA) is 121 Å². The summed E-state index contributed by atoms with van der Waals surface area (Å²) in [4.78, 5) is 39.3. The van der Waals surface area contributed by atoms with E-state index in [1.54, 1.807) is 18.6 Å². The van der Waals surface area contributed by atoms with Crippen molar-refractivity contribution in [3.63, 3.8) is 0 Å². The summed E-state index contributed by atoms with van der Waals surface area (Å²) in [6.45, 7) is 2.45. The van der Waals surface area contributed by atoms with E-state index >= 15 is 0 Å². The Morgan fingerprint density at radius 1 is 1.11 bits per heavy atom. The normalized spacial score (nSPS) is 15.1. The monoisotopic (exact) mass is 526 g/mol. The first-order chi connectivity index (χ1) is 18.6. The maximum Gasteiger partial charge on any atom is 0.346 e. The Morgan fingerprint density at radius 3 is 2.84 bits per heavy atom. The fourth-order valence-corrected chi connectivity index (χ4v) is 4.63. The van der Waals surface area contributed by atoms with Gasteiger partial charge >= 0.3 is 6.03 Å². The number of nitrogens with zero attached hydrogens (tertiary/aromatic N) is 5. The van der Waals surface area contributed by atoms with E-state index in [-0.39, 0.29) is 12.1 Å². The highest BCUT2D eigenvalue weighted by Crippen LogP contribution is 2.35. The van der Waals surface area contributed by atoms with Gasteiger partial charge in [0.15, 0.2) is 5.65 Å². The number of amides is 2. The molecule has 0 unspecified atom stereocenters. The number of aryl methyl sites for hydroxylation is 1. The molecule has 3 aromatic heterocycles. The molecule has 1 aliphatic rings. The molecule has 0 saturated carbocycles. The van der Waals surface area contributed by atoms with Gasteiger partial charge in [0, 0.05) is 29.6 Å². The molecule has 6 rings (SSSR count). The van der Waals surface area contributed by atoms with E-state index in [2.05, 4.69) is 35.6 Å². The fraction of sp³-hybridized carbons (Fsp3) is 0.148. The Hall–Kier alpha value is -4.54. The number of imidazole rings is 1. The number of urea groups is 1.